The second-order valence-electron chi connectivity index (χ2n) is 3.73. The fourth-order valence-corrected chi connectivity index (χ4v) is 1.77. The van der Waals surface area contributed by atoms with Gasteiger partial charge in [-0.2, -0.15) is 0 Å². The number of rotatable bonds is 7. The van der Waals surface area contributed by atoms with Gasteiger partial charge in [0, 0.05) is 37.1 Å². The lowest BCUT2D eigenvalue weighted by Gasteiger charge is -2.11. The summed E-state index contributed by atoms with van der Waals surface area (Å²) in [5.41, 5.74) is 0. The molecule has 0 aliphatic heterocycles. The summed E-state index contributed by atoms with van der Waals surface area (Å²) in [7, 11) is 0. The molecule has 0 bridgehead atoms. The highest BCUT2D eigenvalue weighted by molar-refractivity contribution is 7.09. The molecule has 0 aliphatic rings. The van der Waals surface area contributed by atoms with E-state index in [1.54, 1.807) is 17.5 Å². The highest BCUT2D eigenvalue weighted by Crippen LogP contribution is 2.02. The Morgan fingerprint density at radius 2 is 2.44 bits per heavy atom. The Bertz CT molecular complexity index is 300. The van der Waals surface area contributed by atoms with Crippen molar-refractivity contribution in [3.63, 3.8) is 0 Å². The molecule has 16 heavy (non-hydrogen) atoms. The van der Waals surface area contributed by atoms with E-state index >= 15 is 0 Å². The molecular formula is C11H19N3OS. The number of amides is 1. The van der Waals surface area contributed by atoms with Gasteiger partial charge in [0.05, 0.1) is 0 Å². The average Bonchev–Trinajstić information content (AvgIpc) is 2.77. The van der Waals surface area contributed by atoms with Gasteiger partial charge in [-0.25, -0.2) is 4.98 Å². The van der Waals surface area contributed by atoms with Gasteiger partial charge in [0.15, 0.2) is 0 Å². The minimum absolute atomic E-state index is 0.112. The number of nitrogens with one attached hydrogen (secondary N) is 2. The molecule has 0 fully saturated rings. The largest absolute Gasteiger partial charge is 0.354 e. The molecule has 0 saturated heterocycles. The van der Waals surface area contributed by atoms with Crippen LogP contribution in [0.5, 0.6) is 0 Å². The van der Waals surface area contributed by atoms with Crippen LogP contribution >= 0.6 is 11.3 Å². The van der Waals surface area contributed by atoms with Crippen LogP contribution in [-0.2, 0) is 11.3 Å². The lowest BCUT2D eigenvalue weighted by atomic mass is 10.2. The van der Waals surface area contributed by atoms with Crippen LogP contribution in [0.15, 0.2) is 11.6 Å². The van der Waals surface area contributed by atoms with Gasteiger partial charge in [0.1, 0.15) is 5.01 Å². The van der Waals surface area contributed by atoms with E-state index in [-0.39, 0.29) is 11.9 Å². The predicted octanol–water partition coefficient (Wildman–Crippen LogP) is 1.54. The van der Waals surface area contributed by atoms with Gasteiger partial charge in [-0.05, 0) is 13.3 Å². The van der Waals surface area contributed by atoms with E-state index in [0.29, 0.717) is 13.0 Å². The van der Waals surface area contributed by atoms with Gasteiger partial charge in [-0.15, -0.1) is 11.3 Å². The summed E-state index contributed by atoms with van der Waals surface area (Å²) in [5, 5.41) is 9.14. The number of carbonyl (C=O) groups is 1. The van der Waals surface area contributed by atoms with E-state index < -0.39 is 0 Å². The van der Waals surface area contributed by atoms with Crippen molar-refractivity contribution < 1.29 is 4.79 Å². The van der Waals surface area contributed by atoms with Crippen LogP contribution in [0, 0.1) is 0 Å². The summed E-state index contributed by atoms with van der Waals surface area (Å²) in [4.78, 5) is 15.6. The zero-order chi connectivity index (χ0) is 11.8. The Kier molecular flexibility index (Phi) is 6.03. The molecule has 1 unspecified atom stereocenters. The molecule has 1 aromatic rings. The fraction of sp³-hybridized carbons (Fsp3) is 0.636. The quantitative estimate of drug-likeness (QED) is 0.712. The van der Waals surface area contributed by atoms with Crippen LogP contribution < -0.4 is 10.6 Å². The Hall–Kier alpha value is -0.940. The standard InChI is InChI=1S/C11H19N3OS/c1-3-9(2)14-10(15)4-5-12-8-11-13-6-7-16-11/h6-7,9,12H,3-5,8H2,1-2H3,(H,14,15). The molecule has 1 rings (SSSR count). The van der Waals surface area contributed by atoms with Crippen LogP contribution in [0.25, 0.3) is 0 Å². The molecule has 1 amide bonds. The average molecular weight is 241 g/mol. The first-order valence-electron chi connectivity index (χ1n) is 5.60. The topological polar surface area (TPSA) is 54.0 Å². The third-order valence-corrected chi connectivity index (χ3v) is 3.09. The van der Waals surface area contributed by atoms with Crippen molar-refractivity contribution in [2.24, 2.45) is 0 Å². The van der Waals surface area contributed by atoms with Crippen LogP contribution in [0.2, 0.25) is 0 Å². The second kappa shape index (κ2) is 7.35. The molecule has 0 aromatic carbocycles. The fourth-order valence-electron chi connectivity index (χ4n) is 1.19. The molecule has 0 aliphatic carbocycles. The minimum atomic E-state index is 0.112. The Balaban J connectivity index is 2.04. The predicted molar refractivity (Wildman–Crippen MR) is 66.3 cm³/mol. The molecule has 0 saturated carbocycles. The number of hydrogen-bond acceptors (Lipinski definition) is 4. The van der Waals surface area contributed by atoms with E-state index in [0.717, 1.165) is 18.0 Å². The SMILES string of the molecule is CCC(C)NC(=O)CCNCc1nccs1. The van der Waals surface area contributed by atoms with Crippen molar-refractivity contribution in [3.8, 4) is 0 Å². The summed E-state index contributed by atoms with van der Waals surface area (Å²) in [6.45, 7) is 5.52. The molecule has 1 aromatic heterocycles. The summed E-state index contributed by atoms with van der Waals surface area (Å²) >= 11 is 1.62. The minimum Gasteiger partial charge on any atom is -0.354 e. The van der Waals surface area contributed by atoms with Crippen molar-refractivity contribution in [1.29, 1.82) is 0 Å². The number of carbonyl (C=O) groups excluding carboxylic acids is 1. The molecule has 90 valence electrons. The van der Waals surface area contributed by atoms with Crippen LogP contribution in [0.4, 0.5) is 0 Å². The highest BCUT2D eigenvalue weighted by Gasteiger charge is 2.04. The summed E-state index contributed by atoms with van der Waals surface area (Å²) in [5.74, 6) is 0.112. The lowest BCUT2D eigenvalue weighted by Crippen LogP contribution is -2.33. The van der Waals surface area contributed by atoms with Gasteiger partial charge in [-0.1, -0.05) is 6.92 Å². The molecule has 2 N–H and O–H groups in total. The zero-order valence-electron chi connectivity index (χ0n) is 9.82. The van der Waals surface area contributed by atoms with E-state index in [4.69, 9.17) is 0 Å². The third-order valence-electron chi connectivity index (χ3n) is 2.31. The molecule has 1 atom stereocenters. The Morgan fingerprint density at radius 3 is 3.06 bits per heavy atom. The molecule has 5 heteroatoms. The second-order valence-corrected chi connectivity index (χ2v) is 4.71. The monoisotopic (exact) mass is 241 g/mol. The first-order chi connectivity index (χ1) is 7.72. The molecule has 1 heterocycles. The summed E-state index contributed by atoms with van der Waals surface area (Å²) in [6, 6.07) is 0.270. The van der Waals surface area contributed by atoms with E-state index in [9.17, 15) is 4.79 Å². The maximum atomic E-state index is 11.4. The Labute approximate surface area is 100 Å². The molecule has 0 radical (unpaired) electrons. The first kappa shape index (κ1) is 13.1. The number of thiazole rings is 1. The normalized spacial score (nSPS) is 12.4. The molecule has 4 nitrogen and oxygen atoms in total. The van der Waals surface area contributed by atoms with Crippen LogP contribution in [-0.4, -0.2) is 23.5 Å². The van der Waals surface area contributed by atoms with E-state index in [1.165, 1.54) is 0 Å². The number of nitrogens with zero attached hydrogens (tertiary/aromatic N) is 1. The molecular weight excluding hydrogens is 222 g/mol. The molecule has 0 spiro atoms. The van der Waals surface area contributed by atoms with Crippen LogP contribution in [0.3, 0.4) is 0 Å². The first-order valence-corrected chi connectivity index (χ1v) is 6.48. The van der Waals surface area contributed by atoms with Crippen molar-refractivity contribution in [2.75, 3.05) is 6.54 Å². The number of aromatic nitrogens is 1. The van der Waals surface area contributed by atoms with Crippen molar-refractivity contribution in [2.45, 2.75) is 39.3 Å². The van der Waals surface area contributed by atoms with Gasteiger partial charge < -0.3 is 10.6 Å². The summed E-state index contributed by atoms with van der Waals surface area (Å²) in [6.07, 6.45) is 3.28. The van der Waals surface area contributed by atoms with Gasteiger partial charge >= 0.3 is 0 Å². The third kappa shape index (κ3) is 5.23. The van der Waals surface area contributed by atoms with Crippen molar-refractivity contribution >= 4 is 17.2 Å². The lowest BCUT2D eigenvalue weighted by molar-refractivity contribution is -0.121. The van der Waals surface area contributed by atoms with Gasteiger partial charge in [-0.3, -0.25) is 4.79 Å². The summed E-state index contributed by atoms with van der Waals surface area (Å²) < 4.78 is 0. The zero-order valence-corrected chi connectivity index (χ0v) is 10.6. The maximum absolute atomic E-state index is 11.4. The van der Waals surface area contributed by atoms with Gasteiger partial charge in [0.2, 0.25) is 5.91 Å². The smallest absolute Gasteiger partial charge is 0.221 e. The highest BCUT2D eigenvalue weighted by atomic mass is 32.1. The van der Waals surface area contributed by atoms with Crippen LogP contribution in [0.1, 0.15) is 31.7 Å². The Morgan fingerprint density at radius 1 is 1.62 bits per heavy atom. The maximum Gasteiger partial charge on any atom is 0.221 e. The van der Waals surface area contributed by atoms with Crippen molar-refractivity contribution in [3.05, 3.63) is 16.6 Å². The van der Waals surface area contributed by atoms with Crippen molar-refractivity contribution in [1.82, 2.24) is 15.6 Å². The number of hydrogen-bond donors (Lipinski definition) is 2. The van der Waals surface area contributed by atoms with E-state index in [1.807, 2.05) is 12.3 Å². The van der Waals surface area contributed by atoms with Gasteiger partial charge in [0.25, 0.3) is 0 Å². The van der Waals surface area contributed by atoms with E-state index in [2.05, 4.69) is 22.5 Å².